The van der Waals surface area contributed by atoms with Crippen molar-refractivity contribution >= 4 is 5.91 Å². The molecule has 0 aliphatic rings. The number of carbonyl (C=O) groups excluding carboxylic acids is 1. The summed E-state index contributed by atoms with van der Waals surface area (Å²) in [4.78, 5) is 11.9. The Hall–Kier alpha value is -2.10. The van der Waals surface area contributed by atoms with Crippen LogP contribution in [0.5, 0.6) is 0 Å². The van der Waals surface area contributed by atoms with Crippen molar-refractivity contribution in [1.29, 1.82) is 0 Å². The molecule has 1 atom stereocenters. The standard InChI is InChI=1S/C13H15N3O/c1-10(12-5-3-2-4-6-12)13(17)14-7-11-8-15-16-9-11/h2-6,8-10H,7H2,1H3,(H,14,17)(H,15,16). The average Bonchev–Trinajstić information content (AvgIpc) is 2.89. The van der Waals surface area contributed by atoms with E-state index < -0.39 is 0 Å². The van der Waals surface area contributed by atoms with Crippen LogP contribution in [0.4, 0.5) is 0 Å². The lowest BCUT2D eigenvalue weighted by atomic mass is 10.0. The SMILES string of the molecule is CC(C(=O)NCc1cn[nH]c1)c1ccccc1. The van der Waals surface area contributed by atoms with E-state index in [2.05, 4.69) is 15.5 Å². The van der Waals surface area contributed by atoms with Crippen molar-refractivity contribution in [2.45, 2.75) is 19.4 Å². The largest absolute Gasteiger partial charge is 0.351 e. The number of benzene rings is 1. The fraction of sp³-hybridized carbons (Fsp3) is 0.231. The van der Waals surface area contributed by atoms with E-state index in [1.165, 1.54) is 0 Å². The number of aromatic amines is 1. The van der Waals surface area contributed by atoms with Gasteiger partial charge >= 0.3 is 0 Å². The summed E-state index contributed by atoms with van der Waals surface area (Å²) >= 11 is 0. The topological polar surface area (TPSA) is 57.8 Å². The molecular weight excluding hydrogens is 214 g/mol. The molecule has 17 heavy (non-hydrogen) atoms. The van der Waals surface area contributed by atoms with Gasteiger partial charge < -0.3 is 5.32 Å². The smallest absolute Gasteiger partial charge is 0.227 e. The molecule has 0 fully saturated rings. The maximum Gasteiger partial charge on any atom is 0.227 e. The molecule has 4 heteroatoms. The molecule has 0 spiro atoms. The summed E-state index contributed by atoms with van der Waals surface area (Å²) < 4.78 is 0. The molecule has 2 N–H and O–H groups in total. The number of nitrogens with one attached hydrogen (secondary N) is 2. The number of hydrogen-bond donors (Lipinski definition) is 2. The zero-order valence-corrected chi connectivity index (χ0v) is 9.68. The van der Waals surface area contributed by atoms with E-state index in [9.17, 15) is 4.79 Å². The minimum Gasteiger partial charge on any atom is -0.351 e. The van der Waals surface area contributed by atoms with Gasteiger partial charge in [-0.3, -0.25) is 9.89 Å². The van der Waals surface area contributed by atoms with Crippen LogP contribution in [0.2, 0.25) is 0 Å². The molecule has 1 unspecified atom stereocenters. The highest BCUT2D eigenvalue weighted by Crippen LogP contribution is 2.14. The van der Waals surface area contributed by atoms with Gasteiger partial charge in [-0.05, 0) is 12.5 Å². The Morgan fingerprint density at radius 2 is 2.18 bits per heavy atom. The van der Waals surface area contributed by atoms with E-state index in [-0.39, 0.29) is 11.8 Å². The highest BCUT2D eigenvalue weighted by molar-refractivity contribution is 5.83. The fourth-order valence-corrected chi connectivity index (χ4v) is 1.61. The molecule has 88 valence electrons. The molecule has 1 aromatic heterocycles. The molecule has 0 saturated carbocycles. The van der Waals surface area contributed by atoms with Crippen LogP contribution in [-0.2, 0) is 11.3 Å². The Bertz CT molecular complexity index is 465. The van der Waals surface area contributed by atoms with Crippen molar-refractivity contribution in [3.63, 3.8) is 0 Å². The van der Waals surface area contributed by atoms with Gasteiger partial charge in [-0.2, -0.15) is 5.10 Å². The Kier molecular flexibility index (Phi) is 3.55. The quantitative estimate of drug-likeness (QED) is 0.840. The highest BCUT2D eigenvalue weighted by Gasteiger charge is 2.14. The van der Waals surface area contributed by atoms with E-state index in [0.717, 1.165) is 11.1 Å². The molecular formula is C13H15N3O. The third-order valence-corrected chi connectivity index (χ3v) is 2.71. The first-order chi connectivity index (χ1) is 8.27. The van der Waals surface area contributed by atoms with Gasteiger partial charge in [-0.25, -0.2) is 0 Å². The van der Waals surface area contributed by atoms with Gasteiger partial charge in [0, 0.05) is 18.3 Å². The van der Waals surface area contributed by atoms with Crippen LogP contribution < -0.4 is 5.32 Å². The second-order valence-corrected chi connectivity index (χ2v) is 3.96. The van der Waals surface area contributed by atoms with Gasteiger partial charge in [-0.15, -0.1) is 0 Å². The van der Waals surface area contributed by atoms with Crippen molar-refractivity contribution in [2.75, 3.05) is 0 Å². The molecule has 0 aliphatic carbocycles. The molecule has 1 aromatic carbocycles. The van der Waals surface area contributed by atoms with Crippen molar-refractivity contribution in [3.05, 3.63) is 53.9 Å². The first kappa shape index (κ1) is 11.4. The third kappa shape index (κ3) is 2.93. The maximum absolute atomic E-state index is 11.9. The molecule has 1 heterocycles. The summed E-state index contributed by atoms with van der Waals surface area (Å²) in [5.74, 6) is -0.111. The van der Waals surface area contributed by atoms with Crippen molar-refractivity contribution in [1.82, 2.24) is 15.5 Å². The van der Waals surface area contributed by atoms with Gasteiger partial charge in [0.25, 0.3) is 0 Å². The first-order valence-electron chi connectivity index (χ1n) is 5.57. The van der Waals surface area contributed by atoms with Crippen LogP contribution in [-0.4, -0.2) is 16.1 Å². The number of amides is 1. The van der Waals surface area contributed by atoms with Crippen LogP contribution >= 0.6 is 0 Å². The van der Waals surface area contributed by atoms with Crippen molar-refractivity contribution in [3.8, 4) is 0 Å². The van der Waals surface area contributed by atoms with Crippen LogP contribution in [0, 0.1) is 0 Å². The van der Waals surface area contributed by atoms with Crippen LogP contribution in [0.15, 0.2) is 42.7 Å². The Morgan fingerprint density at radius 1 is 1.41 bits per heavy atom. The zero-order valence-electron chi connectivity index (χ0n) is 9.68. The zero-order chi connectivity index (χ0) is 12.1. The second-order valence-electron chi connectivity index (χ2n) is 3.96. The number of nitrogens with zero attached hydrogens (tertiary/aromatic N) is 1. The summed E-state index contributed by atoms with van der Waals surface area (Å²) in [6, 6.07) is 9.74. The Morgan fingerprint density at radius 3 is 2.82 bits per heavy atom. The fourth-order valence-electron chi connectivity index (χ4n) is 1.61. The predicted octanol–water partition coefficient (Wildman–Crippen LogP) is 1.83. The lowest BCUT2D eigenvalue weighted by molar-refractivity contribution is -0.122. The third-order valence-electron chi connectivity index (χ3n) is 2.71. The first-order valence-corrected chi connectivity index (χ1v) is 5.57. The van der Waals surface area contributed by atoms with E-state index in [4.69, 9.17) is 0 Å². The van der Waals surface area contributed by atoms with E-state index in [0.29, 0.717) is 6.54 Å². The maximum atomic E-state index is 11.9. The molecule has 0 saturated heterocycles. The van der Waals surface area contributed by atoms with Crippen LogP contribution in [0.25, 0.3) is 0 Å². The lowest BCUT2D eigenvalue weighted by Gasteiger charge is -2.11. The molecule has 2 rings (SSSR count). The van der Waals surface area contributed by atoms with Crippen LogP contribution in [0.1, 0.15) is 24.0 Å². The van der Waals surface area contributed by atoms with Gasteiger partial charge in [0.2, 0.25) is 5.91 Å². The van der Waals surface area contributed by atoms with E-state index >= 15 is 0 Å². The average molecular weight is 229 g/mol. The number of rotatable bonds is 4. The second kappa shape index (κ2) is 5.30. The molecule has 0 aliphatic heterocycles. The van der Waals surface area contributed by atoms with Crippen LogP contribution in [0.3, 0.4) is 0 Å². The summed E-state index contributed by atoms with van der Waals surface area (Å²) in [7, 11) is 0. The predicted molar refractivity (Wildman–Crippen MR) is 65.3 cm³/mol. The van der Waals surface area contributed by atoms with Gasteiger partial charge in [-0.1, -0.05) is 30.3 Å². The van der Waals surface area contributed by atoms with Crippen molar-refractivity contribution in [2.24, 2.45) is 0 Å². The summed E-state index contributed by atoms with van der Waals surface area (Å²) in [6.07, 6.45) is 3.47. The summed E-state index contributed by atoms with van der Waals surface area (Å²) in [6.45, 7) is 2.41. The normalized spacial score (nSPS) is 12.1. The van der Waals surface area contributed by atoms with Crippen molar-refractivity contribution < 1.29 is 4.79 Å². The molecule has 0 bridgehead atoms. The summed E-state index contributed by atoms with van der Waals surface area (Å²) in [5.41, 5.74) is 2.00. The Balaban J connectivity index is 1.92. The molecule has 4 nitrogen and oxygen atoms in total. The number of hydrogen-bond acceptors (Lipinski definition) is 2. The van der Waals surface area contributed by atoms with Gasteiger partial charge in [0.15, 0.2) is 0 Å². The molecule has 1 amide bonds. The monoisotopic (exact) mass is 229 g/mol. The molecule has 0 radical (unpaired) electrons. The lowest BCUT2D eigenvalue weighted by Crippen LogP contribution is -2.27. The minimum atomic E-state index is -0.136. The minimum absolute atomic E-state index is 0.0254. The van der Waals surface area contributed by atoms with E-state index in [1.54, 1.807) is 12.4 Å². The van der Waals surface area contributed by atoms with Gasteiger partial charge in [0.1, 0.15) is 0 Å². The summed E-state index contributed by atoms with van der Waals surface area (Å²) in [5, 5.41) is 9.42. The number of carbonyl (C=O) groups is 1. The highest BCUT2D eigenvalue weighted by atomic mass is 16.1. The van der Waals surface area contributed by atoms with Gasteiger partial charge in [0.05, 0.1) is 12.1 Å². The molecule has 2 aromatic rings. The number of aromatic nitrogens is 2. The van der Waals surface area contributed by atoms with E-state index in [1.807, 2.05) is 37.3 Å². The number of H-pyrrole nitrogens is 1. The Labute approximate surface area is 100 Å².